The number of carbonyl (C=O) groups is 1. The van der Waals surface area contributed by atoms with E-state index in [9.17, 15) is 9.90 Å². The van der Waals surface area contributed by atoms with Gasteiger partial charge in [0, 0.05) is 17.3 Å². The molecule has 0 bridgehead atoms. The van der Waals surface area contributed by atoms with Gasteiger partial charge in [-0.25, -0.2) is 4.68 Å². The summed E-state index contributed by atoms with van der Waals surface area (Å²) in [4.78, 5) is 13.6. The van der Waals surface area contributed by atoms with Crippen molar-refractivity contribution in [3.63, 3.8) is 0 Å². The minimum atomic E-state index is -0.244. The number of aromatic amines is 1. The van der Waals surface area contributed by atoms with Gasteiger partial charge in [-0.05, 0) is 30.7 Å². The van der Waals surface area contributed by atoms with E-state index < -0.39 is 0 Å². The molecule has 0 radical (unpaired) electrons. The fourth-order valence-electron chi connectivity index (χ4n) is 3.01. The van der Waals surface area contributed by atoms with Crippen LogP contribution in [0, 0.1) is 0 Å². The predicted molar refractivity (Wildman–Crippen MR) is 91.2 cm³/mol. The molecule has 0 fully saturated rings. The average Bonchev–Trinajstić information content (AvgIpc) is 3.32. The van der Waals surface area contributed by atoms with E-state index in [1.165, 1.54) is 0 Å². The SMILES string of the molecule is O=C(Nc1cc(-c2cccs2)nn1CCO)c1n[nH]c2c1CCC2. The van der Waals surface area contributed by atoms with Gasteiger partial charge in [-0.15, -0.1) is 11.3 Å². The van der Waals surface area contributed by atoms with Gasteiger partial charge in [-0.1, -0.05) is 6.07 Å². The second-order valence-corrected chi connectivity index (χ2v) is 6.62. The Balaban J connectivity index is 1.62. The number of aromatic nitrogens is 4. The second-order valence-electron chi connectivity index (χ2n) is 5.68. The van der Waals surface area contributed by atoms with Crippen LogP contribution in [0.2, 0.25) is 0 Å². The number of aliphatic hydroxyl groups is 1. The summed E-state index contributed by atoms with van der Waals surface area (Å²) in [6.45, 7) is 0.270. The Labute approximate surface area is 142 Å². The molecule has 8 heteroatoms. The van der Waals surface area contributed by atoms with Crippen LogP contribution in [0.4, 0.5) is 5.82 Å². The van der Waals surface area contributed by atoms with Crippen LogP contribution in [0.5, 0.6) is 0 Å². The van der Waals surface area contributed by atoms with Crippen molar-refractivity contribution < 1.29 is 9.90 Å². The molecule has 3 aromatic heterocycles. The molecule has 0 unspecified atom stereocenters. The molecule has 1 aliphatic rings. The molecule has 0 spiro atoms. The lowest BCUT2D eigenvalue weighted by Gasteiger charge is -2.06. The number of nitrogens with one attached hydrogen (secondary N) is 2. The van der Waals surface area contributed by atoms with Crippen molar-refractivity contribution in [2.45, 2.75) is 25.8 Å². The summed E-state index contributed by atoms with van der Waals surface area (Å²) in [7, 11) is 0. The molecule has 124 valence electrons. The first kappa shape index (κ1) is 15.1. The number of thiophene rings is 1. The van der Waals surface area contributed by atoms with E-state index in [1.807, 2.05) is 23.6 Å². The number of aliphatic hydroxyl groups excluding tert-OH is 1. The van der Waals surface area contributed by atoms with Gasteiger partial charge in [-0.3, -0.25) is 9.89 Å². The molecule has 0 saturated heterocycles. The van der Waals surface area contributed by atoms with E-state index in [-0.39, 0.29) is 12.5 Å². The molecule has 3 aromatic rings. The van der Waals surface area contributed by atoms with Crippen molar-refractivity contribution in [3.8, 4) is 10.6 Å². The van der Waals surface area contributed by atoms with Gasteiger partial charge in [0.25, 0.3) is 5.91 Å². The summed E-state index contributed by atoms with van der Waals surface area (Å²) in [5.41, 5.74) is 3.31. The highest BCUT2D eigenvalue weighted by Gasteiger charge is 2.24. The van der Waals surface area contributed by atoms with Crippen LogP contribution in [0.1, 0.15) is 28.2 Å². The summed E-state index contributed by atoms with van der Waals surface area (Å²) in [6.07, 6.45) is 2.88. The molecule has 0 aromatic carbocycles. The molecule has 1 aliphatic carbocycles. The van der Waals surface area contributed by atoms with E-state index in [0.717, 1.165) is 41.1 Å². The first-order valence-electron chi connectivity index (χ1n) is 7.86. The summed E-state index contributed by atoms with van der Waals surface area (Å²) in [5.74, 6) is 0.318. The van der Waals surface area contributed by atoms with Crippen LogP contribution in [0.25, 0.3) is 10.6 Å². The van der Waals surface area contributed by atoms with Gasteiger partial charge in [0.15, 0.2) is 5.69 Å². The topological polar surface area (TPSA) is 95.8 Å². The van der Waals surface area contributed by atoms with Crippen molar-refractivity contribution in [1.29, 1.82) is 0 Å². The van der Waals surface area contributed by atoms with Crippen molar-refractivity contribution >= 4 is 23.1 Å². The Bertz CT molecular complexity index is 865. The predicted octanol–water partition coefficient (Wildman–Crippen LogP) is 2.07. The highest BCUT2D eigenvalue weighted by atomic mass is 32.1. The highest BCUT2D eigenvalue weighted by molar-refractivity contribution is 7.13. The number of carbonyl (C=O) groups excluding carboxylic acids is 1. The van der Waals surface area contributed by atoms with Gasteiger partial charge in [-0.2, -0.15) is 10.2 Å². The lowest BCUT2D eigenvalue weighted by Crippen LogP contribution is -2.18. The number of H-pyrrole nitrogens is 1. The zero-order valence-corrected chi connectivity index (χ0v) is 13.8. The monoisotopic (exact) mass is 343 g/mol. The highest BCUT2D eigenvalue weighted by Crippen LogP contribution is 2.27. The fourth-order valence-corrected chi connectivity index (χ4v) is 3.69. The van der Waals surface area contributed by atoms with Crippen LogP contribution in [-0.4, -0.2) is 37.6 Å². The third-order valence-electron chi connectivity index (χ3n) is 4.13. The van der Waals surface area contributed by atoms with Crippen LogP contribution in [0.15, 0.2) is 23.6 Å². The van der Waals surface area contributed by atoms with Gasteiger partial charge in [0.05, 0.1) is 18.0 Å². The number of hydrogen-bond donors (Lipinski definition) is 3. The zero-order valence-electron chi connectivity index (χ0n) is 13.0. The first-order chi connectivity index (χ1) is 11.8. The van der Waals surface area contributed by atoms with Crippen molar-refractivity contribution in [1.82, 2.24) is 20.0 Å². The lowest BCUT2D eigenvalue weighted by molar-refractivity contribution is 0.102. The van der Waals surface area contributed by atoms with Crippen molar-refractivity contribution in [3.05, 3.63) is 40.5 Å². The standard InChI is InChI=1S/C16H17N5O2S/c22-7-6-21-14(9-12(20-21)13-5-2-8-24-13)17-16(23)15-10-3-1-4-11(10)18-19-15/h2,5,8-9,22H,1,3-4,6-7H2,(H,17,23)(H,18,19). The molecule has 7 nitrogen and oxygen atoms in total. The number of amides is 1. The van der Waals surface area contributed by atoms with E-state index in [0.29, 0.717) is 18.1 Å². The summed E-state index contributed by atoms with van der Waals surface area (Å²) >= 11 is 1.58. The summed E-state index contributed by atoms with van der Waals surface area (Å²) in [6, 6.07) is 5.76. The molecule has 3 heterocycles. The Morgan fingerprint density at radius 2 is 2.38 bits per heavy atom. The maximum Gasteiger partial charge on any atom is 0.277 e. The Morgan fingerprint density at radius 1 is 1.46 bits per heavy atom. The van der Waals surface area contributed by atoms with E-state index in [2.05, 4.69) is 20.6 Å². The number of rotatable bonds is 5. The number of nitrogens with zero attached hydrogens (tertiary/aromatic N) is 3. The number of anilines is 1. The third-order valence-corrected chi connectivity index (χ3v) is 5.02. The maximum absolute atomic E-state index is 12.6. The van der Waals surface area contributed by atoms with Crippen LogP contribution in [-0.2, 0) is 19.4 Å². The van der Waals surface area contributed by atoms with Crippen LogP contribution < -0.4 is 5.32 Å². The number of hydrogen-bond acceptors (Lipinski definition) is 5. The van der Waals surface area contributed by atoms with Gasteiger partial charge in [0.1, 0.15) is 11.5 Å². The minimum absolute atomic E-state index is 0.0494. The van der Waals surface area contributed by atoms with E-state index >= 15 is 0 Å². The molecular weight excluding hydrogens is 326 g/mol. The molecule has 3 N–H and O–H groups in total. The number of aryl methyl sites for hydroxylation is 1. The molecule has 0 aliphatic heterocycles. The maximum atomic E-state index is 12.6. The third kappa shape index (κ3) is 2.63. The van der Waals surface area contributed by atoms with Gasteiger partial charge in [0.2, 0.25) is 0 Å². The Morgan fingerprint density at radius 3 is 3.17 bits per heavy atom. The lowest BCUT2D eigenvalue weighted by atomic mass is 10.2. The average molecular weight is 343 g/mol. The smallest absolute Gasteiger partial charge is 0.277 e. The molecule has 0 saturated carbocycles. The van der Waals surface area contributed by atoms with Gasteiger partial charge >= 0.3 is 0 Å². The van der Waals surface area contributed by atoms with Crippen LogP contribution >= 0.6 is 11.3 Å². The Hall–Kier alpha value is -2.45. The van der Waals surface area contributed by atoms with Crippen LogP contribution in [0.3, 0.4) is 0 Å². The van der Waals surface area contributed by atoms with Gasteiger partial charge < -0.3 is 10.4 Å². The molecular formula is C16H17N5O2S. The molecule has 4 rings (SSSR count). The van der Waals surface area contributed by atoms with Crippen molar-refractivity contribution in [2.24, 2.45) is 0 Å². The zero-order chi connectivity index (χ0) is 16.5. The number of fused-ring (bicyclic) bond motifs is 1. The first-order valence-corrected chi connectivity index (χ1v) is 8.74. The molecule has 0 atom stereocenters. The largest absolute Gasteiger partial charge is 0.394 e. The Kier molecular flexibility index (Phi) is 3.91. The van der Waals surface area contributed by atoms with E-state index in [1.54, 1.807) is 16.0 Å². The molecule has 24 heavy (non-hydrogen) atoms. The normalized spacial score (nSPS) is 13.2. The minimum Gasteiger partial charge on any atom is -0.394 e. The van der Waals surface area contributed by atoms with Crippen molar-refractivity contribution in [2.75, 3.05) is 11.9 Å². The summed E-state index contributed by atoms with van der Waals surface area (Å²) < 4.78 is 1.61. The summed E-state index contributed by atoms with van der Waals surface area (Å²) in [5, 5.41) is 25.7. The van der Waals surface area contributed by atoms with E-state index in [4.69, 9.17) is 0 Å². The molecule has 1 amide bonds. The quantitative estimate of drug-likeness (QED) is 0.661. The fraction of sp³-hybridized carbons (Fsp3) is 0.312. The second kappa shape index (κ2) is 6.21.